The van der Waals surface area contributed by atoms with E-state index in [2.05, 4.69) is 0 Å². The fourth-order valence-corrected chi connectivity index (χ4v) is 2.08. The number of hydrogen-bond acceptors (Lipinski definition) is 2. The molecule has 0 amide bonds. The third-order valence-corrected chi connectivity index (χ3v) is 3.06. The van der Waals surface area contributed by atoms with Crippen molar-refractivity contribution >= 4 is 17.4 Å². The number of benzene rings is 1. The van der Waals surface area contributed by atoms with Gasteiger partial charge in [-0.15, -0.1) is 0 Å². The Labute approximate surface area is 101 Å². The summed E-state index contributed by atoms with van der Waals surface area (Å²) in [5.74, 6) is -0.0301. The van der Waals surface area contributed by atoms with Crippen LogP contribution < -0.4 is 0 Å². The molecule has 1 aliphatic rings. The van der Waals surface area contributed by atoms with Gasteiger partial charge in [-0.1, -0.05) is 41.9 Å². The van der Waals surface area contributed by atoms with Crippen molar-refractivity contribution in [2.45, 2.75) is 12.8 Å². The summed E-state index contributed by atoms with van der Waals surface area (Å²) in [4.78, 5) is 13.9. The van der Waals surface area contributed by atoms with Crippen LogP contribution in [0.5, 0.6) is 0 Å². The monoisotopic (exact) mass is 235 g/mol. The maximum Gasteiger partial charge on any atom is 0.188 e. The minimum atomic E-state index is -0.0301. The lowest BCUT2D eigenvalue weighted by atomic mass is 10.1. The van der Waals surface area contributed by atoms with E-state index in [1.54, 1.807) is 12.1 Å². The summed E-state index contributed by atoms with van der Waals surface area (Å²) in [7, 11) is 0. The highest BCUT2D eigenvalue weighted by molar-refractivity contribution is 6.31. The smallest absolute Gasteiger partial charge is 0.188 e. The Morgan fingerprint density at radius 3 is 2.44 bits per heavy atom. The van der Waals surface area contributed by atoms with Crippen LogP contribution in [0, 0.1) is 0 Å². The van der Waals surface area contributed by atoms with Crippen LogP contribution in [0.15, 0.2) is 41.6 Å². The van der Waals surface area contributed by atoms with Crippen molar-refractivity contribution in [3.05, 3.63) is 47.1 Å². The topological polar surface area (TPSA) is 20.3 Å². The Morgan fingerprint density at radius 1 is 1.19 bits per heavy atom. The quantitative estimate of drug-likeness (QED) is 0.456. The maximum absolute atomic E-state index is 11.8. The number of allylic oxidation sites excluding steroid dienone is 1. The van der Waals surface area contributed by atoms with Gasteiger partial charge in [-0.2, -0.15) is 0 Å². The normalized spacial score (nSPS) is 16.6. The van der Waals surface area contributed by atoms with Crippen LogP contribution in [-0.2, 0) is 0 Å². The maximum atomic E-state index is 11.8. The van der Waals surface area contributed by atoms with Crippen molar-refractivity contribution in [3.8, 4) is 0 Å². The van der Waals surface area contributed by atoms with Gasteiger partial charge in [0.25, 0.3) is 0 Å². The summed E-state index contributed by atoms with van der Waals surface area (Å²) in [5, 5.41) is 0.561. The second-order valence-corrected chi connectivity index (χ2v) is 4.28. The summed E-state index contributed by atoms with van der Waals surface area (Å²) in [5.41, 5.74) is 0.680. The van der Waals surface area contributed by atoms with Crippen LogP contribution in [-0.4, -0.2) is 23.8 Å². The molecule has 1 aliphatic heterocycles. The second kappa shape index (κ2) is 5.17. The molecule has 84 valence electrons. The summed E-state index contributed by atoms with van der Waals surface area (Å²) >= 11 is 6.10. The van der Waals surface area contributed by atoms with Crippen LogP contribution >= 0.6 is 11.6 Å². The van der Waals surface area contributed by atoms with Crippen molar-refractivity contribution in [2.75, 3.05) is 13.1 Å². The number of likely N-dealkylation sites (tertiary alicyclic amines) is 1. The van der Waals surface area contributed by atoms with Crippen molar-refractivity contribution in [2.24, 2.45) is 0 Å². The molecule has 1 aromatic rings. The van der Waals surface area contributed by atoms with Gasteiger partial charge in [0.05, 0.1) is 0 Å². The molecular weight excluding hydrogens is 222 g/mol. The molecule has 1 aromatic carbocycles. The first-order valence-corrected chi connectivity index (χ1v) is 5.87. The van der Waals surface area contributed by atoms with E-state index in [9.17, 15) is 4.79 Å². The fraction of sp³-hybridized carbons (Fsp3) is 0.308. The van der Waals surface area contributed by atoms with Crippen molar-refractivity contribution in [1.29, 1.82) is 0 Å². The number of carbonyl (C=O) groups excluding carboxylic acids is 1. The molecule has 1 saturated heterocycles. The molecule has 2 nitrogen and oxygen atoms in total. The highest BCUT2D eigenvalue weighted by Crippen LogP contribution is 2.18. The summed E-state index contributed by atoms with van der Waals surface area (Å²) in [6.45, 7) is 1.91. The zero-order valence-electron chi connectivity index (χ0n) is 9.03. The van der Waals surface area contributed by atoms with Gasteiger partial charge in [0.2, 0.25) is 0 Å². The first-order chi connectivity index (χ1) is 7.77. The lowest BCUT2D eigenvalue weighted by molar-refractivity contribution is 0.104. The van der Waals surface area contributed by atoms with Gasteiger partial charge in [0, 0.05) is 24.7 Å². The van der Waals surface area contributed by atoms with E-state index in [1.807, 2.05) is 23.1 Å². The molecule has 1 heterocycles. The van der Waals surface area contributed by atoms with Crippen LogP contribution in [0.4, 0.5) is 0 Å². The van der Waals surface area contributed by atoms with Crippen LogP contribution in [0.3, 0.4) is 0 Å². The van der Waals surface area contributed by atoms with Crippen molar-refractivity contribution < 1.29 is 4.79 Å². The molecule has 16 heavy (non-hydrogen) atoms. The van der Waals surface area contributed by atoms with E-state index in [1.165, 1.54) is 6.08 Å². The van der Waals surface area contributed by atoms with Crippen LogP contribution in [0.25, 0.3) is 0 Å². The standard InChI is InChI=1S/C13H14ClNO/c14-13(15-8-4-5-9-15)10-12(16)11-6-2-1-3-7-11/h1-3,6-7,10H,4-5,8-9H2/b13-10-. The molecule has 0 atom stereocenters. The van der Waals surface area contributed by atoms with E-state index in [4.69, 9.17) is 11.6 Å². The minimum absolute atomic E-state index is 0.0301. The Bertz CT molecular complexity index is 394. The third kappa shape index (κ3) is 2.64. The number of nitrogens with zero attached hydrogens (tertiary/aromatic N) is 1. The largest absolute Gasteiger partial charge is 0.362 e. The first kappa shape index (κ1) is 11.2. The van der Waals surface area contributed by atoms with Gasteiger partial charge >= 0.3 is 0 Å². The van der Waals surface area contributed by atoms with Gasteiger partial charge in [0.1, 0.15) is 5.16 Å². The average molecular weight is 236 g/mol. The number of halogens is 1. The fourth-order valence-electron chi connectivity index (χ4n) is 1.82. The first-order valence-electron chi connectivity index (χ1n) is 5.49. The molecule has 0 N–H and O–H groups in total. The van der Waals surface area contributed by atoms with Gasteiger partial charge in [-0.3, -0.25) is 4.79 Å². The predicted octanol–water partition coefficient (Wildman–Crippen LogP) is 3.05. The molecule has 0 spiro atoms. The SMILES string of the molecule is O=C(/C=C(/Cl)N1CCCC1)c1ccccc1. The average Bonchev–Trinajstić information content (AvgIpc) is 2.83. The highest BCUT2D eigenvalue weighted by Gasteiger charge is 2.14. The molecule has 0 radical (unpaired) electrons. The molecule has 0 unspecified atom stereocenters. The van der Waals surface area contributed by atoms with Crippen LogP contribution in [0.2, 0.25) is 0 Å². The second-order valence-electron chi connectivity index (χ2n) is 3.89. The van der Waals surface area contributed by atoms with E-state index in [0.717, 1.165) is 25.9 Å². The molecule has 0 bridgehead atoms. The Balaban J connectivity index is 2.08. The van der Waals surface area contributed by atoms with E-state index < -0.39 is 0 Å². The van der Waals surface area contributed by atoms with E-state index >= 15 is 0 Å². The molecule has 1 fully saturated rings. The van der Waals surface area contributed by atoms with Gasteiger partial charge in [-0.25, -0.2) is 0 Å². The van der Waals surface area contributed by atoms with Crippen molar-refractivity contribution in [3.63, 3.8) is 0 Å². The number of ketones is 1. The minimum Gasteiger partial charge on any atom is -0.362 e. The van der Waals surface area contributed by atoms with Gasteiger partial charge < -0.3 is 4.90 Å². The number of rotatable bonds is 3. The predicted molar refractivity (Wildman–Crippen MR) is 65.5 cm³/mol. The lowest BCUT2D eigenvalue weighted by Gasteiger charge is -2.15. The highest BCUT2D eigenvalue weighted by atomic mass is 35.5. The summed E-state index contributed by atoms with van der Waals surface area (Å²) in [6.07, 6.45) is 3.83. The Kier molecular flexibility index (Phi) is 3.62. The Hall–Kier alpha value is -1.28. The Morgan fingerprint density at radius 2 is 1.81 bits per heavy atom. The summed E-state index contributed by atoms with van der Waals surface area (Å²) < 4.78 is 0. The summed E-state index contributed by atoms with van der Waals surface area (Å²) in [6, 6.07) is 9.19. The molecule has 3 heteroatoms. The zero-order chi connectivity index (χ0) is 11.4. The third-order valence-electron chi connectivity index (χ3n) is 2.72. The molecule has 0 aliphatic carbocycles. The molecule has 0 aromatic heterocycles. The number of hydrogen-bond donors (Lipinski definition) is 0. The molecule has 0 saturated carbocycles. The van der Waals surface area contributed by atoms with E-state index in [0.29, 0.717) is 10.7 Å². The number of carbonyl (C=O) groups is 1. The van der Waals surface area contributed by atoms with Gasteiger partial charge in [-0.05, 0) is 12.8 Å². The lowest BCUT2D eigenvalue weighted by Crippen LogP contribution is -2.16. The van der Waals surface area contributed by atoms with Crippen molar-refractivity contribution in [1.82, 2.24) is 4.90 Å². The zero-order valence-corrected chi connectivity index (χ0v) is 9.78. The van der Waals surface area contributed by atoms with Gasteiger partial charge in [0.15, 0.2) is 5.78 Å². The van der Waals surface area contributed by atoms with Crippen LogP contribution in [0.1, 0.15) is 23.2 Å². The molecule has 2 rings (SSSR count). The molecular formula is C13H14ClNO. The van der Waals surface area contributed by atoms with E-state index in [-0.39, 0.29) is 5.78 Å².